The number of hydrogen-bond donors (Lipinski definition) is 0. The van der Waals surface area contributed by atoms with E-state index in [0.29, 0.717) is 12.5 Å². The highest BCUT2D eigenvalue weighted by molar-refractivity contribution is 7.92. The Bertz CT molecular complexity index is 839. The van der Waals surface area contributed by atoms with Gasteiger partial charge in [0.05, 0.1) is 18.5 Å². The second-order valence-electron chi connectivity index (χ2n) is 4.98. The third-order valence-corrected chi connectivity index (χ3v) is 5.36. The van der Waals surface area contributed by atoms with Crippen molar-refractivity contribution in [1.82, 2.24) is 4.98 Å². The summed E-state index contributed by atoms with van der Waals surface area (Å²) >= 11 is 0. The Morgan fingerprint density at radius 1 is 1.30 bits per heavy atom. The molecule has 0 unspecified atom stereocenters. The van der Waals surface area contributed by atoms with Crippen molar-refractivity contribution in [1.29, 1.82) is 0 Å². The molecule has 0 aliphatic carbocycles. The number of nitrogens with zero attached hydrogens (tertiary/aromatic N) is 2. The molecule has 0 amide bonds. The molecule has 1 aliphatic rings. The molecule has 0 radical (unpaired) electrons. The van der Waals surface area contributed by atoms with E-state index < -0.39 is 21.7 Å². The molecule has 1 aromatic carbocycles. The molecule has 0 saturated carbocycles. The molecule has 2 heterocycles. The summed E-state index contributed by atoms with van der Waals surface area (Å²) in [5.41, 5.74) is 0.241. The highest BCUT2D eigenvalue weighted by Crippen LogP contribution is 2.35. The molecule has 0 bridgehead atoms. The second kappa shape index (κ2) is 5.77. The zero-order chi connectivity index (χ0) is 16.6. The summed E-state index contributed by atoms with van der Waals surface area (Å²) in [5.74, 6) is -1.24. The van der Waals surface area contributed by atoms with E-state index in [-0.39, 0.29) is 29.1 Å². The number of pyridine rings is 1. The van der Waals surface area contributed by atoms with E-state index in [1.54, 1.807) is 6.92 Å². The third kappa shape index (κ3) is 2.74. The number of ether oxygens (including phenoxy) is 1. The van der Waals surface area contributed by atoms with Crippen LogP contribution < -0.4 is 9.04 Å². The molecular formula is C15H14F2N2O3S. The summed E-state index contributed by atoms with van der Waals surface area (Å²) in [7, 11) is -3.94. The van der Waals surface area contributed by atoms with Crippen LogP contribution in [-0.2, 0) is 16.4 Å². The van der Waals surface area contributed by atoms with Crippen LogP contribution in [0.1, 0.15) is 12.5 Å². The zero-order valence-corrected chi connectivity index (χ0v) is 13.1. The van der Waals surface area contributed by atoms with Crippen LogP contribution in [-0.4, -0.2) is 26.6 Å². The van der Waals surface area contributed by atoms with Crippen molar-refractivity contribution in [2.45, 2.75) is 18.2 Å². The fourth-order valence-corrected chi connectivity index (χ4v) is 3.96. The van der Waals surface area contributed by atoms with Gasteiger partial charge in [0.1, 0.15) is 16.5 Å². The lowest BCUT2D eigenvalue weighted by Gasteiger charge is -2.19. The minimum atomic E-state index is -3.94. The molecule has 0 atom stereocenters. The number of anilines is 1. The van der Waals surface area contributed by atoms with Crippen LogP contribution in [0.15, 0.2) is 35.4 Å². The van der Waals surface area contributed by atoms with Crippen LogP contribution in [0.25, 0.3) is 0 Å². The summed E-state index contributed by atoms with van der Waals surface area (Å²) in [5, 5.41) is 0. The molecule has 122 valence electrons. The van der Waals surface area contributed by atoms with E-state index >= 15 is 0 Å². The largest absolute Gasteiger partial charge is 0.478 e. The molecule has 0 N–H and O–H groups in total. The van der Waals surface area contributed by atoms with E-state index in [2.05, 4.69) is 4.98 Å². The number of benzene rings is 1. The van der Waals surface area contributed by atoms with Crippen LogP contribution in [0.5, 0.6) is 5.88 Å². The summed E-state index contributed by atoms with van der Waals surface area (Å²) in [6.07, 6.45) is 1.37. The number of sulfonamides is 1. The SMILES string of the molecule is CCOc1ccc(S(=O)(=O)N2CCc3c(F)cc(F)cc32)cn1. The fourth-order valence-electron chi connectivity index (χ4n) is 2.52. The van der Waals surface area contributed by atoms with Gasteiger partial charge in [-0.1, -0.05) is 0 Å². The molecule has 0 spiro atoms. The van der Waals surface area contributed by atoms with Gasteiger partial charge < -0.3 is 4.74 Å². The van der Waals surface area contributed by atoms with Crippen LogP contribution in [0, 0.1) is 11.6 Å². The van der Waals surface area contributed by atoms with E-state index in [1.807, 2.05) is 0 Å². The highest BCUT2D eigenvalue weighted by Gasteiger charge is 2.33. The first-order valence-electron chi connectivity index (χ1n) is 7.03. The van der Waals surface area contributed by atoms with Crippen molar-refractivity contribution in [3.8, 4) is 5.88 Å². The van der Waals surface area contributed by atoms with Gasteiger partial charge >= 0.3 is 0 Å². The Kier molecular flexibility index (Phi) is 3.93. The van der Waals surface area contributed by atoms with Crippen molar-refractivity contribution in [2.75, 3.05) is 17.5 Å². The molecule has 5 nitrogen and oxygen atoms in total. The number of aromatic nitrogens is 1. The minimum absolute atomic E-state index is 0.0383. The molecule has 2 aromatic rings. The van der Waals surface area contributed by atoms with Gasteiger partial charge in [0.2, 0.25) is 5.88 Å². The summed E-state index contributed by atoms with van der Waals surface area (Å²) in [6, 6.07) is 4.60. The van der Waals surface area contributed by atoms with Gasteiger partial charge in [0.15, 0.2) is 0 Å². The molecule has 8 heteroatoms. The van der Waals surface area contributed by atoms with Crippen LogP contribution in [0.3, 0.4) is 0 Å². The first-order valence-corrected chi connectivity index (χ1v) is 8.47. The van der Waals surface area contributed by atoms with Gasteiger partial charge in [-0.25, -0.2) is 22.2 Å². The number of hydrogen-bond acceptors (Lipinski definition) is 4. The Labute approximate surface area is 132 Å². The fraction of sp³-hybridized carbons (Fsp3) is 0.267. The lowest BCUT2D eigenvalue weighted by atomic mass is 10.1. The molecule has 1 aliphatic heterocycles. The van der Waals surface area contributed by atoms with E-state index in [9.17, 15) is 17.2 Å². The van der Waals surface area contributed by atoms with Gasteiger partial charge in [-0.2, -0.15) is 0 Å². The van der Waals surface area contributed by atoms with E-state index in [4.69, 9.17) is 4.74 Å². The van der Waals surface area contributed by atoms with Crippen molar-refractivity contribution >= 4 is 15.7 Å². The lowest BCUT2D eigenvalue weighted by Crippen LogP contribution is -2.29. The average Bonchev–Trinajstić information content (AvgIpc) is 2.93. The Morgan fingerprint density at radius 3 is 2.74 bits per heavy atom. The minimum Gasteiger partial charge on any atom is -0.478 e. The van der Waals surface area contributed by atoms with E-state index in [1.165, 1.54) is 18.3 Å². The Balaban J connectivity index is 1.99. The van der Waals surface area contributed by atoms with Gasteiger partial charge in [-0.15, -0.1) is 0 Å². The van der Waals surface area contributed by atoms with Gasteiger partial charge in [0.25, 0.3) is 10.0 Å². The van der Waals surface area contributed by atoms with Crippen LogP contribution in [0.2, 0.25) is 0 Å². The van der Waals surface area contributed by atoms with Crippen molar-refractivity contribution < 1.29 is 21.9 Å². The third-order valence-electron chi connectivity index (χ3n) is 3.56. The normalized spacial score (nSPS) is 14.0. The summed E-state index contributed by atoms with van der Waals surface area (Å²) in [6.45, 7) is 2.26. The molecule has 1 aromatic heterocycles. The Hall–Kier alpha value is -2.22. The molecule has 3 rings (SSSR count). The second-order valence-corrected chi connectivity index (χ2v) is 6.84. The maximum absolute atomic E-state index is 13.8. The number of rotatable bonds is 4. The zero-order valence-electron chi connectivity index (χ0n) is 12.3. The first-order chi connectivity index (χ1) is 10.9. The topological polar surface area (TPSA) is 59.5 Å². The molecule has 23 heavy (non-hydrogen) atoms. The van der Waals surface area contributed by atoms with Gasteiger partial charge in [0, 0.05) is 24.2 Å². The van der Waals surface area contributed by atoms with Crippen molar-refractivity contribution in [2.24, 2.45) is 0 Å². The monoisotopic (exact) mass is 340 g/mol. The standard InChI is InChI=1S/C15H14F2N2O3S/c1-2-22-15-4-3-11(9-18-15)23(20,21)19-6-5-12-13(17)7-10(16)8-14(12)19/h3-4,7-9H,2,5-6H2,1H3. The average molecular weight is 340 g/mol. The lowest BCUT2D eigenvalue weighted by molar-refractivity contribution is 0.326. The molecular weight excluding hydrogens is 326 g/mol. The van der Waals surface area contributed by atoms with Crippen LogP contribution >= 0.6 is 0 Å². The van der Waals surface area contributed by atoms with Gasteiger partial charge in [-0.05, 0) is 25.5 Å². The quantitative estimate of drug-likeness (QED) is 0.858. The van der Waals surface area contributed by atoms with Crippen molar-refractivity contribution in [3.05, 3.63) is 47.7 Å². The van der Waals surface area contributed by atoms with Gasteiger partial charge in [-0.3, -0.25) is 4.31 Å². The molecule has 0 fully saturated rings. The number of fused-ring (bicyclic) bond motifs is 1. The maximum atomic E-state index is 13.8. The maximum Gasteiger partial charge on any atom is 0.265 e. The van der Waals surface area contributed by atoms with Crippen LogP contribution in [0.4, 0.5) is 14.5 Å². The first kappa shape index (κ1) is 15.7. The molecule has 0 saturated heterocycles. The highest BCUT2D eigenvalue weighted by atomic mass is 32.2. The Morgan fingerprint density at radius 2 is 2.09 bits per heavy atom. The predicted octanol–water partition coefficient (Wildman–Crippen LogP) is 2.51. The summed E-state index contributed by atoms with van der Waals surface area (Å²) < 4.78 is 58.7. The van der Waals surface area contributed by atoms with Crippen molar-refractivity contribution in [3.63, 3.8) is 0 Å². The number of halogens is 2. The smallest absolute Gasteiger partial charge is 0.265 e. The van der Waals surface area contributed by atoms with E-state index in [0.717, 1.165) is 16.4 Å². The predicted molar refractivity (Wildman–Crippen MR) is 80.0 cm³/mol. The summed E-state index contributed by atoms with van der Waals surface area (Å²) in [4.78, 5) is 3.86.